The molecule has 0 bridgehead atoms. The van der Waals surface area contributed by atoms with E-state index >= 15 is 0 Å². The van der Waals surface area contributed by atoms with Crippen molar-refractivity contribution in [3.8, 4) is 0 Å². The molecule has 1 aliphatic rings. The van der Waals surface area contributed by atoms with Crippen molar-refractivity contribution in [2.45, 2.75) is 31.5 Å². The fraction of sp³-hybridized carbons (Fsp3) is 0.529. The van der Waals surface area contributed by atoms with Crippen molar-refractivity contribution in [2.24, 2.45) is 0 Å². The molecule has 1 aromatic carbocycles. The maximum atomic E-state index is 12.2. The van der Waals surface area contributed by atoms with Crippen LogP contribution in [0.2, 0.25) is 0 Å². The predicted molar refractivity (Wildman–Crippen MR) is 89.0 cm³/mol. The van der Waals surface area contributed by atoms with E-state index in [4.69, 9.17) is 0 Å². The minimum atomic E-state index is -1.09. The van der Waals surface area contributed by atoms with Crippen LogP contribution < -0.4 is 10.6 Å². The van der Waals surface area contributed by atoms with Crippen LogP contribution in [0.1, 0.15) is 18.9 Å². The summed E-state index contributed by atoms with van der Waals surface area (Å²) >= 11 is 0. The molecule has 0 spiro atoms. The Labute approximate surface area is 141 Å². The Morgan fingerprint density at radius 1 is 1.33 bits per heavy atom. The lowest BCUT2D eigenvalue weighted by atomic mass is 10.0. The van der Waals surface area contributed by atoms with Crippen molar-refractivity contribution in [2.75, 3.05) is 26.3 Å². The summed E-state index contributed by atoms with van der Waals surface area (Å²) in [5, 5.41) is 23.9. The summed E-state index contributed by atoms with van der Waals surface area (Å²) in [6.07, 6.45) is -0.0196. The van der Waals surface area contributed by atoms with E-state index in [9.17, 15) is 19.8 Å². The molecule has 132 valence electrons. The van der Waals surface area contributed by atoms with Crippen molar-refractivity contribution in [3.05, 3.63) is 35.9 Å². The number of nitrogens with one attached hydrogen (secondary N) is 2. The zero-order valence-corrected chi connectivity index (χ0v) is 13.9. The number of carbonyl (C=O) groups excluding carboxylic acids is 2. The monoisotopic (exact) mass is 335 g/mol. The first-order valence-electron chi connectivity index (χ1n) is 8.06. The third-order valence-electron chi connectivity index (χ3n) is 4.19. The highest BCUT2D eigenvalue weighted by Gasteiger charge is 2.33. The first kappa shape index (κ1) is 18.4. The molecule has 0 aromatic heterocycles. The fourth-order valence-electron chi connectivity index (χ4n) is 2.68. The Morgan fingerprint density at radius 2 is 2.00 bits per heavy atom. The molecular weight excluding hydrogens is 310 g/mol. The van der Waals surface area contributed by atoms with Gasteiger partial charge in [-0.1, -0.05) is 30.3 Å². The Kier molecular flexibility index (Phi) is 6.30. The van der Waals surface area contributed by atoms with E-state index in [0.717, 1.165) is 5.56 Å². The van der Waals surface area contributed by atoms with Crippen molar-refractivity contribution >= 4 is 11.8 Å². The second-order valence-electron chi connectivity index (χ2n) is 6.39. The number of aliphatic hydroxyl groups is 2. The van der Waals surface area contributed by atoms with E-state index in [-0.39, 0.29) is 31.4 Å². The summed E-state index contributed by atoms with van der Waals surface area (Å²) in [5.41, 5.74) is -0.0138. The van der Waals surface area contributed by atoms with Gasteiger partial charge < -0.3 is 20.8 Å². The van der Waals surface area contributed by atoms with Gasteiger partial charge in [-0.05, 0) is 12.5 Å². The predicted octanol–water partition coefficient (Wildman–Crippen LogP) is -0.763. The van der Waals surface area contributed by atoms with Gasteiger partial charge in [0.2, 0.25) is 11.8 Å². The zero-order valence-electron chi connectivity index (χ0n) is 13.9. The maximum absolute atomic E-state index is 12.2. The van der Waals surface area contributed by atoms with Gasteiger partial charge in [-0.2, -0.15) is 0 Å². The van der Waals surface area contributed by atoms with Gasteiger partial charge in [0.1, 0.15) is 0 Å². The van der Waals surface area contributed by atoms with Crippen molar-refractivity contribution in [3.63, 3.8) is 0 Å². The fourth-order valence-corrected chi connectivity index (χ4v) is 2.68. The molecule has 1 unspecified atom stereocenters. The summed E-state index contributed by atoms with van der Waals surface area (Å²) in [6.45, 7) is 2.60. The lowest BCUT2D eigenvalue weighted by molar-refractivity contribution is -0.135. The van der Waals surface area contributed by atoms with Gasteiger partial charge in [0, 0.05) is 19.6 Å². The lowest BCUT2D eigenvalue weighted by Gasteiger charge is -2.35. The third-order valence-corrected chi connectivity index (χ3v) is 4.19. The van der Waals surface area contributed by atoms with Crippen molar-refractivity contribution in [1.82, 2.24) is 15.5 Å². The molecule has 1 saturated heterocycles. The average Bonchev–Trinajstić information content (AvgIpc) is 2.59. The van der Waals surface area contributed by atoms with Crippen molar-refractivity contribution < 1.29 is 19.8 Å². The minimum Gasteiger partial charge on any atom is -0.394 e. The highest BCUT2D eigenvalue weighted by atomic mass is 16.3. The van der Waals surface area contributed by atoms with Crippen LogP contribution in [0, 0.1) is 0 Å². The van der Waals surface area contributed by atoms with Crippen LogP contribution in [-0.4, -0.2) is 64.8 Å². The van der Waals surface area contributed by atoms with E-state index in [1.165, 1.54) is 0 Å². The number of nitrogens with zero attached hydrogens (tertiary/aromatic N) is 1. The molecule has 1 heterocycles. The third kappa shape index (κ3) is 4.77. The second-order valence-corrected chi connectivity index (χ2v) is 6.39. The molecule has 2 amide bonds. The van der Waals surface area contributed by atoms with Gasteiger partial charge in [0.25, 0.3) is 0 Å². The van der Waals surface area contributed by atoms with Crippen LogP contribution in [0.5, 0.6) is 0 Å². The van der Waals surface area contributed by atoms with E-state index in [0.29, 0.717) is 19.6 Å². The molecule has 7 nitrogen and oxygen atoms in total. The standard InChI is InChI=1S/C17H25N3O4/c1-17(11-21,12-22)19-15(23)9-14-16(24)18-7-8-20(14)10-13-5-3-2-4-6-13/h2-6,14,21-22H,7-12H2,1H3,(H,18,24)(H,19,23). The average molecular weight is 335 g/mol. The number of carbonyl (C=O) groups is 2. The number of rotatable bonds is 7. The Balaban J connectivity index is 2.03. The molecule has 0 radical (unpaired) electrons. The minimum absolute atomic E-state index is 0.0196. The lowest BCUT2D eigenvalue weighted by Crippen LogP contribution is -2.58. The number of hydrogen-bond acceptors (Lipinski definition) is 5. The summed E-state index contributed by atoms with van der Waals surface area (Å²) < 4.78 is 0. The van der Waals surface area contributed by atoms with Gasteiger partial charge >= 0.3 is 0 Å². The first-order valence-corrected chi connectivity index (χ1v) is 8.06. The molecule has 24 heavy (non-hydrogen) atoms. The normalized spacial score (nSPS) is 19.0. The van der Waals surface area contributed by atoms with Gasteiger partial charge in [-0.25, -0.2) is 0 Å². The number of aliphatic hydroxyl groups excluding tert-OH is 2. The Hall–Kier alpha value is -1.96. The van der Waals surface area contributed by atoms with Crippen LogP contribution in [-0.2, 0) is 16.1 Å². The van der Waals surface area contributed by atoms with Crippen LogP contribution in [0.4, 0.5) is 0 Å². The van der Waals surface area contributed by atoms with Crippen LogP contribution in [0.3, 0.4) is 0 Å². The zero-order chi connectivity index (χ0) is 17.6. The molecule has 4 N–H and O–H groups in total. The number of piperazine rings is 1. The first-order chi connectivity index (χ1) is 11.5. The van der Waals surface area contributed by atoms with Gasteiger partial charge in [0.15, 0.2) is 0 Å². The quantitative estimate of drug-likeness (QED) is 0.524. The van der Waals surface area contributed by atoms with E-state index in [1.54, 1.807) is 6.92 Å². The summed E-state index contributed by atoms with van der Waals surface area (Å²) in [7, 11) is 0. The van der Waals surface area contributed by atoms with Gasteiger partial charge in [-0.15, -0.1) is 0 Å². The number of amides is 2. The molecule has 2 rings (SSSR count). The number of hydrogen-bond donors (Lipinski definition) is 4. The van der Waals surface area contributed by atoms with Crippen LogP contribution in [0.25, 0.3) is 0 Å². The highest BCUT2D eigenvalue weighted by molar-refractivity contribution is 5.89. The van der Waals surface area contributed by atoms with Gasteiger partial charge in [0.05, 0.1) is 31.2 Å². The largest absolute Gasteiger partial charge is 0.394 e. The smallest absolute Gasteiger partial charge is 0.237 e. The molecule has 0 saturated carbocycles. The SMILES string of the molecule is CC(CO)(CO)NC(=O)CC1C(=O)NCCN1Cc1ccccc1. The Bertz CT molecular complexity index is 560. The van der Waals surface area contributed by atoms with Crippen LogP contribution >= 0.6 is 0 Å². The molecule has 7 heteroatoms. The highest BCUT2D eigenvalue weighted by Crippen LogP contribution is 2.14. The summed E-state index contributed by atoms with van der Waals surface area (Å²) in [6, 6.07) is 9.21. The number of benzene rings is 1. The van der Waals surface area contributed by atoms with Gasteiger partial charge in [-0.3, -0.25) is 14.5 Å². The van der Waals surface area contributed by atoms with E-state index < -0.39 is 11.6 Å². The molecule has 1 aromatic rings. The molecule has 1 aliphatic heterocycles. The molecule has 1 atom stereocenters. The van der Waals surface area contributed by atoms with Crippen molar-refractivity contribution in [1.29, 1.82) is 0 Å². The topological polar surface area (TPSA) is 102 Å². The Morgan fingerprint density at radius 3 is 2.62 bits per heavy atom. The maximum Gasteiger partial charge on any atom is 0.237 e. The second kappa shape index (κ2) is 8.23. The molecule has 1 fully saturated rings. The molecular formula is C17H25N3O4. The summed E-state index contributed by atoms with van der Waals surface area (Å²) in [5.74, 6) is -0.553. The summed E-state index contributed by atoms with van der Waals surface area (Å²) in [4.78, 5) is 26.4. The molecule has 0 aliphatic carbocycles. The van der Waals surface area contributed by atoms with E-state index in [2.05, 4.69) is 10.6 Å². The van der Waals surface area contributed by atoms with E-state index in [1.807, 2.05) is 35.2 Å². The van der Waals surface area contributed by atoms with Crippen LogP contribution in [0.15, 0.2) is 30.3 Å².